The molecule has 142 valence electrons. The number of rotatable bonds is 3. The number of carbonyl (C=O) groups is 2. The molecule has 1 aromatic carbocycles. The maximum Gasteiger partial charge on any atom is 0.256 e. The number of nitrogens with zero attached hydrogens (tertiary/aromatic N) is 1. The van der Waals surface area contributed by atoms with E-state index in [1.54, 1.807) is 17.0 Å². The Bertz CT molecular complexity index is 915. The zero-order chi connectivity index (χ0) is 19.6. The van der Waals surface area contributed by atoms with Crippen molar-refractivity contribution in [3.05, 3.63) is 57.5 Å². The first-order valence-corrected chi connectivity index (χ1v) is 9.22. The largest absolute Gasteiger partial charge is 0.352 e. The molecule has 0 unspecified atom stereocenters. The minimum absolute atomic E-state index is 0.00793. The van der Waals surface area contributed by atoms with E-state index >= 15 is 0 Å². The molecule has 27 heavy (non-hydrogen) atoms. The number of pyridine rings is 1. The van der Waals surface area contributed by atoms with Crippen LogP contribution in [0.1, 0.15) is 41.4 Å². The first-order valence-electron chi connectivity index (χ1n) is 9.22. The monoisotopic (exact) mass is 367 g/mol. The maximum absolute atomic E-state index is 12.8. The van der Waals surface area contributed by atoms with Gasteiger partial charge in [-0.15, -0.1) is 0 Å². The van der Waals surface area contributed by atoms with Crippen molar-refractivity contribution in [1.29, 1.82) is 0 Å². The average Bonchev–Trinajstić information content (AvgIpc) is 2.64. The third kappa shape index (κ3) is 4.27. The molecule has 0 radical (unpaired) electrons. The highest BCUT2D eigenvalue weighted by Crippen LogP contribution is 2.20. The van der Waals surface area contributed by atoms with Crippen molar-refractivity contribution in [2.45, 2.75) is 39.7 Å². The summed E-state index contributed by atoms with van der Waals surface area (Å²) in [6.07, 6.45) is 1.75. The van der Waals surface area contributed by atoms with Crippen molar-refractivity contribution in [3.63, 3.8) is 0 Å². The van der Waals surface area contributed by atoms with E-state index < -0.39 is 0 Å². The van der Waals surface area contributed by atoms with Crippen LogP contribution in [0, 0.1) is 13.8 Å². The molecule has 6 heteroatoms. The lowest BCUT2D eigenvalue weighted by molar-refractivity contribution is -0.120. The van der Waals surface area contributed by atoms with Gasteiger partial charge in [0.25, 0.3) is 11.5 Å². The molecule has 1 saturated heterocycles. The predicted molar refractivity (Wildman–Crippen MR) is 105 cm³/mol. The summed E-state index contributed by atoms with van der Waals surface area (Å²) < 4.78 is 0. The lowest BCUT2D eigenvalue weighted by Gasteiger charge is -2.33. The van der Waals surface area contributed by atoms with Crippen LogP contribution in [0.15, 0.2) is 35.1 Å². The molecule has 0 bridgehead atoms. The fourth-order valence-electron chi connectivity index (χ4n) is 3.48. The summed E-state index contributed by atoms with van der Waals surface area (Å²) in [6.45, 7) is 6.53. The van der Waals surface area contributed by atoms with Crippen molar-refractivity contribution < 1.29 is 9.59 Å². The molecule has 1 aliphatic rings. The van der Waals surface area contributed by atoms with Gasteiger partial charge in [-0.2, -0.15) is 0 Å². The van der Waals surface area contributed by atoms with E-state index in [1.807, 2.05) is 32.0 Å². The predicted octanol–water partition coefficient (Wildman–Crippen LogP) is 2.40. The molecule has 2 aromatic rings. The molecular weight excluding hydrogens is 342 g/mol. The lowest BCUT2D eigenvalue weighted by Crippen LogP contribution is -2.49. The molecule has 1 fully saturated rings. The average molecular weight is 367 g/mol. The number of aromatic amines is 1. The maximum atomic E-state index is 12.8. The van der Waals surface area contributed by atoms with Crippen LogP contribution >= 0.6 is 0 Å². The molecule has 0 saturated carbocycles. The van der Waals surface area contributed by atoms with Gasteiger partial charge in [0.15, 0.2) is 0 Å². The van der Waals surface area contributed by atoms with Crippen LogP contribution in [0.5, 0.6) is 0 Å². The third-order valence-electron chi connectivity index (χ3n) is 5.06. The van der Waals surface area contributed by atoms with Crippen LogP contribution in [0.4, 0.5) is 0 Å². The van der Waals surface area contributed by atoms with Crippen LogP contribution in [-0.2, 0) is 4.79 Å². The first-order chi connectivity index (χ1) is 12.8. The SMILES string of the molecule is CC(=O)N[C@@H]1CCCN(C(=O)c2ccc(-c3cc(C)c(C)[nH]c3=O)cc2)C1. The molecule has 2 N–H and O–H groups in total. The van der Waals surface area contributed by atoms with E-state index in [-0.39, 0.29) is 23.4 Å². The highest BCUT2D eigenvalue weighted by atomic mass is 16.2. The number of piperidine rings is 1. The second-order valence-electron chi connectivity index (χ2n) is 7.19. The fourth-order valence-corrected chi connectivity index (χ4v) is 3.48. The number of carbonyl (C=O) groups excluding carboxylic acids is 2. The third-order valence-corrected chi connectivity index (χ3v) is 5.06. The number of benzene rings is 1. The Labute approximate surface area is 158 Å². The minimum atomic E-state index is -0.133. The molecule has 2 heterocycles. The summed E-state index contributed by atoms with van der Waals surface area (Å²) in [4.78, 5) is 40.9. The first kappa shape index (κ1) is 18.9. The highest BCUT2D eigenvalue weighted by Gasteiger charge is 2.24. The van der Waals surface area contributed by atoms with Crippen LogP contribution in [0.2, 0.25) is 0 Å². The summed E-state index contributed by atoms with van der Waals surface area (Å²) in [5.74, 6) is -0.122. The summed E-state index contributed by atoms with van der Waals surface area (Å²) >= 11 is 0. The Hall–Kier alpha value is -2.89. The summed E-state index contributed by atoms with van der Waals surface area (Å²) in [5.41, 5.74) is 3.71. The normalized spacial score (nSPS) is 16.9. The number of amides is 2. The van der Waals surface area contributed by atoms with Gasteiger partial charge >= 0.3 is 0 Å². The number of aryl methyl sites for hydroxylation is 2. The smallest absolute Gasteiger partial charge is 0.256 e. The standard InChI is InChI=1S/C21H25N3O3/c1-13-11-19(20(26)22-14(13)2)16-6-8-17(9-7-16)21(27)24-10-4-5-18(12-24)23-15(3)25/h6-9,11,18H,4-5,10,12H2,1-3H3,(H,22,26)(H,23,25)/t18-/m1/s1. The van der Waals surface area contributed by atoms with Crippen LogP contribution in [0.3, 0.4) is 0 Å². The van der Waals surface area contributed by atoms with Gasteiger partial charge in [-0.05, 0) is 56.0 Å². The van der Waals surface area contributed by atoms with Gasteiger partial charge in [-0.3, -0.25) is 14.4 Å². The van der Waals surface area contributed by atoms with E-state index in [1.165, 1.54) is 6.92 Å². The lowest BCUT2D eigenvalue weighted by atomic mass is 10.0. The highest BCUT2D eigenvalue weighted by molar-refractivity contribution is 5.94. The number of likely N-dealkylation sites (tertiary alicyclic amines) is 1. The van der Waals surface area contributed by atoms with Crippen molar-refractivity contribution in [2.75, 3.05) is 13.1 Å². The van der Waals surface area contributed by atoms with Gasteiger partial charge < -0.3 is 15.2 Å². The van der Waals surface area contributed by atoms with Crippen LogP contribution in [0.25, 0.3) is 11.1 Å². The number of hydrogen-bond donors (Lipinski definition) is 2. The second-order valence-corrected chi connectivity index (χ2v) is 7.19. The van der Waals surface area contributed by atoms with Crippen LogP contribution < -0.4 is 10.9 Å². The molecule has 0 spiro atoms. The Kier molecular flexibility index (Phi) is 5.44. The Morgan fingerprint density at radius 2 is 1.89 bits per heavy atom. The van der Waals surface area contributed by atoms with Gasteiger partial charge in [-0.25, -0.2) is 0 Å². The zero-order valence-electron chi connectivity index (χ0n) is 16.0. The van der Waals surface area contributed by atoms with Gasteiger partial charge in [-0.1, -0.05) is 12.1 Å². The molecule has 1 aromatic heterocycles. The topological polar surface area (TPSA) is 82.3 Å². The van der Waals surface area contributed by atoms with E-state index in [0.717, 1.165) is 29.7 Å². The molecule has 3 rings (SSSR count). The van der Waals surface area contributed by atoms with E-state index in [0.29, 0.717) is 24.2 Å². The molecule has 0 aliphatic carbocycles. The van der Waals surface area contributed by atoms with E-state index in [2.05, 4.69) is 10.3 Å². The Morgan fingerprint density at radius 3 is 2.56 bits per heavy atom. The minimum Gasteiger partial charge on any atom is -0.352 e. The number of H-pyrrole nitrogens is 1. The second kappa shape index (κ2) is 7.78. The molecule has 6 nitrogen and oxygen atoms in total. The Balaban J connectivity index is 1.77. The number of hydrogen-bond acceptors (Lipinski definition) is 3. The Morgan fingerprint density at radius 1 is 1.19 bits per heavy atom. The summed E-state index contributed by atoms with van der Waals surface area (Å²) in [7, 11) is 0. The van der Waals surface area contributed by atoms with Crippen molar-refractivity contribution >= 4 is 11.8 Å². The number of aromatic nitrogens is 1. The summed E-state index contributed by atoms with van der Waals surface area (Å²) in [6, 6.07) is 9.01. The van der Waals surface area contributed by atoms with E-state index in [4.69, 9.17) is 0 Å². The van der Waals surface area contributed by atoms with Gasteiger partial charge in [0.05, 0.1) is 0 Å². The van der Waals surface area contributed by atoms with E-state index in [9.17, 15) is 14.4 Å². The van der Waals surface area contributed by atoms with Gasteiger partial charge in [0.2, 0.25) is 5.91 Å². The zero-order valence-corrected chi connectivity index (χ0v) is 16.0. The molecular formula is C21H25N3O3. The van der Waals surface area contributed by atoms with Gasteiger partial charge in [0.1, 0.15) is 0 Å². The fraction of sp³-hybridized carbons (Fsp3) is 0.381. The van der Waals surface area contributed by atoms with Crippen molar-refractivity contribution in [2.24, 2.45) is 0 Å². The quantitative estimate of drug-likeness (QED) is 0.874. The van der Waals surface area contributed by atoms with Crippen molar-refractivity contribution in [1.82, 2.24) is 15.2 Å². The molecule has 1 aliphatic heterocycles. The molecule has 1 atom stereocenters. The van der Waals surface area contributed by atoms with Crippen molar-refractivity contribution in [3.8, 4) is 11.1 Å². The number of nitrogens with one attached hydrogen (secondary N) is 2. The summed E-state index contributed by atoms with van der Waals surface area (Å²) in [5, 5.41) is 2.89. The van der Waals surface area contributed by atoms with Gasteiger partial charge in [0, 0.05) is 42.9 Å². The molecule has 2 amide bonds. The van der Waals surface area contributed by atoms with Crippen LogP contribution in [-0.4, -0.2) is 40.8 Å².